The first-order chi connectivity index (χ1) is 14.5. The number of methoxy groups -OCH3 is 1. The zero-order chi connectivity index (χ0) is 21.5. The molecule has 1 heterocycles. The molecule has 0 aliphatic carbocycles. The Labute approximate surface area is 182 Å². The molecule has 10 heteroatoms. The van der Waals surface area contributed by atoms with Gasteiger partial charge in [0.15, 0.2) is 18.1 Å². The van der Waals surface area contributed by atoms with Crippen LogP contribution in [0.15, 0.2) is 40.9 Å². The summed E-state index contributed by atoms with van der Waals surface area (Å²) in [5.74, 6) is 1.30. The third-order valence-corrected chi connectivity index (χ3v) is 4.84. The SMILES string of the molecule is CCn1nnnc1NCc1cc(Br)c(OCC(=O)Nc2ccc(C)cc2)c(OC)c1. The molecule has 0 radical (unpaired) electrons. The highest BCUT2D eigenvalue weighted by Crippen LogP contribution is 2.36. The summed E-state index contributed by atoms with van der Waals surface area (Å²) in [5.41, 5.74) is 2.77. The Morgan fingerprint density at radius 3 is 2.70 bits per heavy atom. The van der Waals surface area contributed by atoms with Crippen molar-refractivity contribution in [2.24, 2.45) is 0 Å². The largest absolute Gasteiger partial charge is 0.493 e. The van der Waals surface area contributed by atoms with Crippen molar-refractivity contribution in [3.8, 4) is 11.5 Å². The molecule has 30 heavy (non-hydrogen) atoms. The lowest BCUT2D eigenvalue weighted by molar-refractivity contribution is -0.118. The molecule has 0 atom stereocenters. The highest BCUT2D eigenvalue weighted by atomic mass is 79.9. The van der Waals surface area contributed by atoms with E-state index in [1.807, 2.05) is 50.2 Å². The molecule has 0 aliphatic heterocycles. The Morgan fingerprint density at radius 2 is 2.00 bits per heavy atom. The summed E-state index contributed by atoms with van der Waals surface area (Å²) < 4.78 is 13.5. The maximum Gasteiger partial charge on any atom is 0.262 e. The Bertz CT molecular complexity index is 1010. The van der Waals surface area contributed by atoms with Crippen LogP contribution in [0.25, 0.3) is 0 Å². The fraction of sp³-hybridized carbons (Fsp3) is 0.300. The number of ether oxygens (including phenoxy) is 2. The van der Waals surface area contributed by atoms with E-state index in [2.05, 4.69) is 42.1 Å². The summed E-state index contributed by atoms with van der Waals surface area (Å²) in [7, 11) is 1.55. The van der Waals surface area contributed by atoms with Gasteiger partial charge in [0.2, 0.25) is 5.95 Å². The number of rotatable bonds is 9. The smallest absolute Gasteiger partial charge is 0.262 e. The highest BCUT2D eigenvalue weighted by molar-refractivity contribution is 9.10. The molecule has 0 fully saturated rings. The molecule has 158 valence electrons. The van der Waals surface area contributed by atoms with Crippen molar-refractivity contribution in [2.45, 2.75) is 26.9 Å². The van der Waals surface area contributed by atoms with Crippen molar-refractivity contribution < 1.29 is 14.3 Å². The molecule has 1 aromatic heterocycles. The maximum absolute atomic E-state index is 12.2. The quantitative estimate of drug-likeness (QED) is 0.489. The predicted molar refractivity (Wildman–Crippen MR) is 117 cm³/mol. The first-order valence-electron chi connectivity index (χ1n) is 9.36. The van der Waals surface area contributed by atoms with Crippen molar-refractivity contribution in [3.05, 3.63) is 52.0 Å². The molecular formula is C20H23BrN6O3. The third kappa shape index (κ3) is 5.47. The average molecular weight is 475 g/mol. The lowest BCUT2D eigenvalue weighted by Gasteiger charge is -2.15. The van der Waals surface area contributed by atoms with Gasteiger partial charge in [0.1, 0.15) is 0 Å². The molecule has 0 unspecified atom stereocenters. The Hall–Kier alpha value is -3.14. The van der Waals surface area contributed by atoms with Crippen LogP contribution >= 0.6 is 15.9 Å². The topological polar surface area (TPSA) is 103 Å². The van der Waals surface area contributed by atoms with E-state index in [0.717, 1.165) is 16.8 Å². The number of halogens is 1. The number of aromatic nitrogens is 4. The van der Waals surface area contributed by atoms with E-state index in [1.54, 1.807) is 11.8 Å². The highest BCUT2D eigenvalue weighted by Gasteiger charge is 2.14. The second-order valence-corrected chi connectivity index (χ2v) is 7.34. The number of nitrogens with zero attached hydrogens (tertiary/aromatic N) is 4. The van der Waals surface area contributed by atoms with Crippen molar-refractivity contribution in [1.82, 2.24) is 20.2 Å². The number of carbonyl (C=O) groups is 1. The lowest BCUT2D eigenvalue weighted by atomic mass is 10.2. The van der Waals surface area contributed by atoms with Crippen molar-refractivity contribution in [1.29, 1.82) is 0 Å². The van der Waals surface area contributed by atoms with Crippen LogP contribution < -0.4 is 20.1 Å². The van der Waals surface area contributed by atoms with Gasteiger partial charge in [-0.25, -0.2) is 4.68 Å². The first kappa shape index (κ1) is 21.6. The molecule has 0 saturated carbocycles. The van der Waals surface area contributed by atoms with E-state index in [1.165, 1.54) is 0 Å². The fourth-order valence-electron chi connectivity index (χ4n) is 2.71. The van der Waals surface area contributed by atoms with Gasteiger partial charge in [-0.05, 0) is 70.0 Å². The van der Waals surface area contributed by atoms with Gasteiger partial charge in [-0.1, -0.05) is 22.8 Å². The van der Waals surface area contributed by atoms with Gasteiger partial charge in [0.05, 0.1) is 11.6 Å². The third-order valence-electron chi connectivity index (χ3n) is 4.25. The van der Waals surface area contributed by atoms with Crippen molar-refractivity contribution in [3.63, 3.8) is 0 Å². The summed E-state index contributed by atoms with van der Waals surface area (Å²) in [6, 6.07) is 11.3. The molecule has 0 spiro atoms. The fourth-order valence-corrected chi connectivity index (χ4v) is 3.32. The minimum atomic E-state index is -0.259. The number of amides is 1. The summed E-state index contributed by atoms with van der Waals surface area (Å²) in [6.45, 7) is 4.96. The molecule has 2 N–H and O–H groups in total. The summed E-state index contributed by atoms with van der Waals surface area (Å²) in [6.07, 6.45) is 0. The second kappa shape index (κ2) is 10.1. The van der Waals surface area contributed by atoms with Crippen LogP contribution in [0.2, 0.25) is 0 Å². The van der Waals surface area contributed by atoms with Crippen LogP contribution in [-0.2, 0) is 17.9 Å². The van der Waals surface area contributed by atoms with Crippen LogP contribution in [0.3, 0.4) is 0 Å². The molecule has 2 aromatic carbocycles. The Balaban J connectivity index is 1.63. The van der Waals surface area contributed by atoms with E-state index in [-0.39, 0.29) is 12.5 Å². The summed E-state index contributed by atoms with van der Waals surface area (Å²) in [4.78, 5) is 12.2. The van der Waals surface area contributed by atoms with Crippen LogP contribution in [0, 0.1) is 6.92 Å². The second-order valence-electron chi connectivity index (χ2n) is 6.48. The number of tetrazole rings is 1. The van der Waals surface area contributed by atoms with Gasteiger partial charge < -0.3 is 20.1 Å². The number of benzene rings is 2. The summed E-state index contributed by atoms with van der Waals surface area (Å²) >= 11 is 3.50. The minimum Gasteiger partial charge on any atom is -0.493 e. The van der Waals surface area contributed by atoms with E-state index in [4.69, 9.17) is 9.47 Å². The zero-order valence-corrected chi connectivity index (χ0v) is 18.6. The van der Waals surface area contributed by atoms with E-state index in [0.29, 0.717) is 35.0 Å². The van der Waals surface area contributed by atoms with Gasteiger partial charge in [0, 0.05) is 18.8 Å². The molecule has 0 bridgehead atoms. The zero-order valence-electron chi connectivity index (χ0n) is 17.0. The van der Waals surface area contributed by atoms with Crippen molar-refractivity contribution >= 4 is 33.5 Å². The molecule has 3 rings (SSSR count). The van der Waals surface area contributed by atoms with Gasteiger partial charge in [-0.3, -0.25) is 4.79 Å². The lowest BCUT2D eigenvalue weighted by Crippen LogP contribution is -2.20. The molecule has 0 saturated heterocycles. The van der Waals surface area contributed by atoms with E-state index < -0.39 is 0 Å². The van der Waals surface area contributed by atoms with Gasteiger partial charge in [-0.2, -0.15) is 0 Å². The van der Waals surface area contributed by atoms with Crippen molar-refractivity contribution in [2.75, 3.05) is 24.4 Å². The van der Waals surface area contributed by atoms with Crippen LogP contribution in [0.5, 0.6) is 11.5 Å². The van der Waals surface area contributed by atoms with E-state index in [9.17, 15) is 4.79 Å². The summed E-state index contributed by atoms with van der Waals surface area (Å²) in [5, 5.41) is 17.5. The Morgan fingerprint density at radius 1 is 1.23 bits per heavy atom. The van der Waals surface area contributed by atoms with Gasteiger partial charge in [0.25, 0.3) is 5.91 Å². The van der Waals surface area contributed by atoms with Gasteiger partial charge in [-0.15, -0.1) is 0 Å². The molecule has 1 amide bonds. The standard InChI is InChI=1S/C20H23BrN6O3/c1-4-27-20(24-25-26-27)22-11-14-9-16(21)19(17(10-14)29-3)30-12-18(28)23-15-7-5-13(2)6-8-15/h5-10H,4,11-12H2,1-3H3,(H,23,28)(H,22,24,26). The normalized spacial score (nSPS) is 10.5. The van der Waals surface area contributed by atoms with Crippen LogP contribution in [0.4, 0.5) is 11.6 Å². The van der Waals surface area contributed by atoms with Crippen LogP contribution in [0.1, 0.15) is 18.1 Å². The number of hydrogen-bond donors (Lipinski definition) is 2. The Kier molecular flexibility index (Phi) is 7.23. The van der Waals surface area contributed by atoms with Gasteiger partial charge >= 0.3 is 0 Å². The van der Waals surface area contributed by atoms with E-state index >= 15 is 0 Å². The molecular weight excluding hydrogens is 452 g/mol. The monoisotopic (exact) mass is 474 g/mol. The average Bonchev–Trinajstić information content (AvgIpc) is 3.20. The minimum absolute atomic E-state index is 0.147. The van der Waals surface area contributed by atoms with Crippen LogP contribution in [-0.4, -0.2) is 39.8 Å². The number of anilines is 2. The number of hydrogen-bond acceptors (Lipinski definition) is 7. The predicted octanol–water partition coefficient (Wildman–Crippen LogP) is 3.40. The number of carbonyl (C=O) groups excluding carboxylic acids is 1. The molecule has 9 nitrogen and oxygen atoms in total. The molecule has 3 aromatic rings. The number of nitrogens with one attached hydrogen (secondary N) is 2. The molecule has 0 aliphatic rings. The number of aryl methyl sites for hydroxylation is 2. The maximum atomic E-state index is 12.2. The first-order valence-corrected chi connectivity index (χ1v) is 10.1.